The van der Waals surface area contributed by atoms with Gasteiger partial charge in [0.25, 0.3) is 0 Å². The molecule has 0 aromatic heterocycles. The number of nitrogen functional groups attached to an aromatic ring is 1. The van der Waals surface area contributed by atoms with Crippen molar-refractivity contribution in [3.8, 4) is 11.1 Å². The molecule has 4 N–H and O–H groups in total. The highest BCUT2D eigenvalue weighted by molar-refractivity contribution is 5.90. The first-order valence-electron chi connectivity index (χ1n) is 13.0. The number of benzene rings is 3. The van der Waals surface area contributed by atoms with Crippen LogP contribution in [0.4, 0.5) is 40.7 Å². The Bertz CT molecular complexity index is 1370. The first-order valence-corrected chi connectivity index (χ1v) is 13.0. The van der Waals surface area contributed by atoms with Gasteiger partial charge in [0.2, 0.25) is 5.91 Å². The zero-order valence-corrected chi connectivity index (χ0v) is 22.2. The van der Waals surface area contributed by atoms with Gasteiger partial charge in [0.05, 0.1) is 17.3 Å². The summed E-state index contributed by atoms with van der Waals surface area (Å²) in [5.41, 5.74) is 11.3. The summed E-state index contributed by atoms with van der Waals surface area (Å²) >= 11 is 0. The van der Waals surface area contributed by atoms with Crippen LogP contribution in [0.5, 0.6) is 0 Å². The van der Waals surface area contributed by atoms with Crippen molar-refractivity contribution >= 4 is 34.7 Å². The van der Waals surface area contributed by atoms with Crippen molar-refractivity contribution < 1.29 is 22.8 Å². The van der Waals surface area contributed by atoms with Crippen molar-refractivity contribution in [2.45, 2.75) is 31.9 Å². The Morgan fingerprint density at radius 2 is 1.73 bits per heavy atom. The summed E-state index contributed by atoms with van der Waals surface area (Å²) in [6.07, 6.45) is -0.830. The Balaban J connectivity index is 1.48. The van der Waals surface area contributed by atoms with Gasteiger partial charge >= 0.3 is 12.2 Å². The molecule has 1 aliphatic heterocycles. The Morgan fingerprint density at radius 1 is 1.05 bits per heavy atom. The van der Waals surface area contributed by atoms with Gasteiger partial charge in [0.1, 0.15) is 6.54 Å². The number of carbonyl (C=O) groups excluding carboxylic acids is 2. The van der Waals surface area contributed by atoms with Gasteiger partial charge in [-0.05, 0) is 66.8 Å². The summed E-state index contributed by atoms with van der Waals surface area (Å²) in [6, 6.07) is 19.1. The zero-order valence-electron chi connectivity index (χ0n) is 22.2. The van der Waals surface area contributed by atoms with Crippen LogP contribution in [0.25, 0.3) is 11.1 Å². The average Bonchev–Trinajstić information content (AvgIpc) is 3.47. The second kappa shape index (κ2) is 12.1. The average molecular weight is 552 g/mol. The first kappa shape index (κ1) is 28.5. The molecule has 210 valence electrons. The maximum absolute atomic E-state index is 12.8. The van der Waals surface area contributed by atoms with Crippen LogP contribution in [-0.2, 0) is 4.79 Å². The Labute approximate surface area is 231 Å². The van der Waals surface area contributed by atoms with Crippen molar-refractivity contribution in [1.82, 2.24) is 10.2 Å². The molecule has 3 aromatic rings. The standard InChI is InChI=1S/C30H32F3N5O2/c1-3-38(25-8-6-7-24(18-25)36-29(40)35-19-30(31,32)33)27-14-13-23(17-26(27)34)22-11-9-21(10-12-22)20(2)28(39)37-15-4-5-16-37/h3,6-14,17-18,20H,1,4-5,15-16,19,34H2,2H3,(H2,35,36,40). The van der Waals surface area contributed by atoms with Crippen LogP contribution in [0.2, 0.25) is 0 Å². The maximum Gasteiger partial charge on any atom is 0.405 e. The van der Waals surface area contributed by atoms with Gasteiger partial charge in [-0.2, -0.15) is 13.2 Å². The minimum Gasteiger partial charge on any atom is -0.397 e. The molecule has 7 nitrogen and oxygen atoms in total. The number of alkyl halides is 3. The van der Waals surface area contributed by atoms with E-state index in [2.05, 4.69) is 11.9 Å². The third-order valence-electron chi connectivity index (χ3n) is 6.83. The smallest absolute Gasteiger partial charge is 0.397 e. The van der Waals surface area contributed by atoms with Crippen LogP contribution in [-0.4, -0.2) is 42.6 Å². The Morgan fingerprint density at radius 3 is 2.35 bits per heavy atom. The van der Waals surface area contributed by atoms with Crippen LogP contribution >= 0.6 is 0 Å². The molecular weight excluding hydrogens is 519 g/mol. The number of amides is 3. The number of urea groups is 1. The summed E-state index contributed by atoms with van der Waals surface area (Å²) < 4.78 is 37.1. The molecule has 0 saturated carbocycles. The maximum atomic E-state index is 12.8. The molecule has 3 amide bonds. The van der Waals surface area contributed by atoms with Crippen LogP contribution in [0.3, 0.4) is 0 Å². The molecule has 1 aliphatic rings. The molecule has 0 spiro atoms. The van der Waals surface area contributed by atoms with E-state index in [0.717, 1.165) is 42.6 Å². The number of carbonyl (C=O) groups is 2. The van der Waals surface area contributed by atoms with E-state index in [4.69, 9.17) is 5.73 Å². The lowest BCUT2D eigenvalue weighted by Crippen LogP contribution is -2.36. The van der Waals surface area contributed by atoms with Crippen molar-refractivity contribution in [2.75, 3.05) is 35.6 Å². The summed E-state index contributed by atoms with van der Waals surface area (Å²) in [5, 5.41) is 4.18. The van der Waals surface area contributed by atoms with Crippen molar-refractivity contribution in [3.63, 3.8) is 0 Å². The lowest BCUT2D eigenvalue weighted by molar-refractivity contribution is -0.131. The summed E-state index contributed by atoms with van der Waals surface area (Å²) in [7, 11) is 0. The summed E-state index contributed by atoms with van der Waals surface area (Å²) in [5.74, 6) is -0.0497. The van der Waals surface area contributed by atoms with Crippen LogP contribution in [0.1, 0.15) is 31.2 Å². The molecule has 10 heteroatoms. The van der Waals surface area contributed by atoms with Crippen molar-refractivity contribution in [2.24, 2.45) is 0 Å². The van der Waals surface area contributed by atoms with E-state index in [0.29, 0.717) is 22.7 Å². The normalized spacial score (nSPS) is 13.9. The van der Waals surface area contributed by atoms with Gasteiger partial charge < -0.3 is 26.2 Å². The summed E-state index contributed by atoms with van der Waals surface area (Å²) in [4.78, 5) is 28.3. The van der Waals surface area contributed by atoms with Gasteiger partial charge in [-0.1, -0.05) is 43.0 Å². The number of hydrogen-bond donors (Lipinski definition) is 3. The number of nitrogens with one attached hydrogen (secondary N) is 2. The van der Waals surface area contributed by atoms with E-state index in [1.54, 1.807) is 40.7 Å². The highest BCUT2D eigenvalue weighted by Gasteiger charge is 2.28. The van der Waals surface area contributed by atoms with Gasteiger partial charge in [0.15, 0.2) is 0 Å². The van der Waals surface area contributed by atoms with E-state index in [1.807, 2.05) is 54.3 Å². The van der Waals surface area contributed by atoms with Crippen molar-refractivity contribution in [1.29, 1.82) is 0 Å². The van der Waals surface area contributed by atoms with E-state index in [1.165, 1.54) is 0 Å². The fourth-order valence-corrected chi connectivity index (χ4v) is 4.70. The minimum atomic E-state index is -4.50. The lowest BCUT2D eigenvalue weighted by Gasteiger charge is -2.23. The highest BCUT2D eigenvalue weighted by atomic mass is 19.4. The molecule has 0 aliphatic carbocycles. The van der Waals surface area contributed by atoms with E-state index in [9.17, 15) is 22.8 Å². The van der Waals surface area contributed by atoms with Crippen LogP contribution < -0.4 is 21.3 Å². The van der Waals surface area contributed by atoms with E-state index >= 15 is 0 Å². The number of rotatable bonds is 8. The molecule has 1 atom stereocenters. The second-order valence-electron chi connectivity index (χ2n) is 9.68. The molecule has 0 bridgehead atoms. The fraction of sp³-hybridized carbons (Fsp3) is 0.267. The molecule has 4 rings (SSSR count). The molecule has 1 fully saturated rings. The Kier molecular flexibility index (Phi) is 8.67. The van der Waals surface area contributed by atoms with Gasteiger partial charge in [-0.25, -0.2) is 4.79 Å². The number of likely N-dealkylation sites (tertiary alicyclic amines) is 1. The molecule has 1 saturated heterocycles. The number of nitrogens with two attached hydrogens (primary N) is 1. The van der Waals surface area contributed by atoms with Gasteiger partial charge in [-0.3, -0.25) is 4.79 Å². The third kappa shape index (κ3) is 6.93. The second-order valence-corrected chi connectivity index (χ2v) is 9.68. The monoisotopic (exact) mass is 551 g/mol. The van der Waals surface area contributed by atoms with E-state index < -0.39 is 18.8 Å². The van der Waals surface area contributed by atoms with Gasteiger partial charge in [0, 0.05) is 30.7 Å². The molecule has 0 radical (unpaired) electrons. The molecular formula is C30H32F3N5O2. The topological polar surface area (TPSA) is 90.7 Å². The largest absolute Gasteiger partial charge is 0.405 e. The van der Waals surface area contributed by atoms with E-state index in [-0.39, 0.29) is 11.8 Å². The van der Waals surface area contributed by atoms with Crippen LogP contribution in [0.15, 0.2) is 79.5 Å². The number of halogens is 3. The SMILES string of the molecule is C=CN(c1cccc(NC(=O)NCC(F)(F)F)c1)c1ccc(-c2ccc(C(C)C(=O)N3CCCC3)cc2)cc1N. The predicted octanol–water partition coefficient (Wildman–Crippen LogP) is 6.63. The number of anilines is 4. The number of hydrogen-bond acceptors (Lipinski definition) is 4. The molecule has 3 aromatic carbocycles. The van der Waals surface area contributed by atoms with Crippen molar-refractivity contribution in [3.05, 3.63) is 85.1 Å². The van der Waals surface area contributed by atoms with Crippen LogP contribution in [0, 0.1) is 0 Å². The fourth-order valence-electron chi connectivity index (χ4n) is 4.70. The molecule has 40 heavy (non-hydrogen) atoms. The quantitative estimate of drug-likeness (QED) is 0.274. The Hall–Kier alpha value is -4.47. The lowest BCUT2D eigenvalue weighted by atomic mass is 9.96. The highest BCUT2D eigenvalue weighted by Crippen LogP contribution is 2.35. The first-order chi connectivity index (χ1) is 19.1. The zero-order chi connectivity index (χ0) is 28.9. The minimum absolute atomic E-state index is 0.157. The number of nitrogens with zero attached hydrogens (tertiary/aromatic N) is 2. The van der Waals surface area contributed by atoms with Gasteiger partial charge in [-0.15, -0.1) is 0 Å². The molecule has 1 heterocycles. The summed E-state index contributed by atoms with van der Waals surface area (Å²) in [6.45, 7) is 6.02. The predicted molar refractivity (Wildman–Crippen MR) is 152 cm³/mol. The molecule has 1 unspecified atom stereocenters. The third-order valence-corrected chi connectivity index (χ3v) is 6.83.